The first-order chi connectivity index (χ1) is 18.0. The lowest BCUT2D eigenvalue weighted by Crippen LogP contribution is -2.25. The number of aromatic nitrogens is 2. The van der Waals surface area contributed by atoms with Gasteiger partial charge < -0.3 is 19.7 Å². The van der Waals surface area contributed by atoms with Gasteiger partial charge in [-0.05, 0) is 42.3 Å². The molecule has 0 bridgehead atoms. The number of benzene rings is 2. The van der Waals surface area contributed by atoms with Crippen LogP contribution in [0.4, 0.5) is 36.3 Å². The molecule has 0 saturated heterocycles. The van der Waals surface area contributed by atoms with E-state index in [2.05, 4.69) is 26.1 Å². The molecular formula is C24H27F3N5O5P. The second kappa shape index (κ2) is 12.4. The molecule has 10 nitrogen and oxygen atoms in total. The van der Waals surface area contributed by atoms with E-state index in [4.69, 9.17) is 13.9 Å². The molecule has 0 spiro atoms. The number of amides is 1. The van der Waals surface area contributed by atoms with E-state index < -0.39 is 31.1 Å². The minimum Gasteiger partial charge on any atom is -0.339 e. The predicted octanol–water partition coefficient (Wildman–Crippen LogP) is 5.41. The third-order valence-electron chi connectivity index (χ3n) is 5.01. The molecule has 0 saturated carbocycles. The lowest BCUT2D eigenvalue weighted by atomic mass is 10.2. The Morgan fingerprint density at radius 1 is 1.03 bits per heavy atom. The highest BCUT2D eigenvalue weighted by molar-refractivity contribution is 7.62. The lowest BCUT2D eigenvalue weighted by Gasteiger charge is -2.20. The third kappa shape index (κ3) is 7.29. The maximum Gasteiger partial charge on any atom is 0.421 e. The lowest BCUT2D eigenvalue weighted by molar-refractivity contribution is -0.137. The van der Waals surface area contributed by atoms with Crippen LogP contribution in [-0.2, 0) is 24.6 Å². The van der Waals surface area contributed by atoms with Gasteiger partial charge in [0.25, 0.3) is 5.91 Å². The Labute approximate surface area is 217 Å². The molecule has 14 heteroatoms. The van der Waals surface area contributed by atoms with Crippen LogP contribution in [0.2, 0.25) is 0 Å². The Kier molecular flexibility index (Phi) is 9.45. The summed E-state index contributed by atoms with van der Waals surface area (Å²) in [6, 6.07) is 12.0. The highest BCUT2D eigenvalue weighted by Gasteiger charge is 2.36. The van der Waals surface area contributed by atoms with Crippen LogP contribution in [0.5, 0.6) is 0 Å². The Morgan fingerprint density at radius 3 is 2.29 bits per heavy atom. The third-order valence-corrected chi connectivity index (χ3v) is 6.95. The van der Waals surface area contributed by atoms with Gasteiger partial charge in [-0.25, -0.2) is 10.5 Å². The quantitative estimate of drug-likeness (QED) is 0.211. The van der Waals surface area contributed by atoms with Crippen LogP contribution in [0.1, 0.15) is 29.8 Å². The van der Waals surface area contributed by atoms with Crippen molar-refractivity contribution in [3.05, 3.63) is 65.9 Å². The second-order valence-electron chi connectivity index (χ2n) is 8.30. The van der Waals surface area contributed by atoms with Gasteiger partial charge >= 0.3 is 13.8 Å². The zero-order valence-corrected chi connectivity index (χ0v) is 21.9. The van der Waals surface area contributed by atoms with Crippen LogP contribution in [0.25, 0.3) is 0 Å². The fourth-order valence-corrected chi connectivity index (χ4v) is 4.37. The van der Waals surface area contributed by atoms with Gasteiger partial charge in [0.15, 0.2) is 0 Å². The first-order valence-corrected chi connectivity index (χ1v) is 12.8. The van der Waals surface area contributed by atoms with E-state index >= 15 is 0 Å². The van der Waals surface area contributed by atoms with Crippen LogP contribution in [0, 0.1) is 5.92 Å². The van der Waals surface area contributed by atoms with Crippen molar-refractivity contribution in [3.8, 4) is 0 Å². The molecule has 0 aliphatic carbocycles. The summed E-state index contributed by atoms with van der Waals surface area (Å²) in [6.07, 6.45) is -4.16. The minimum absolute atomic E-state index is 0.0254. The fraction of sp³-hybridized carbons (Fsp3) is 0.292. The van der Waals surface area contributed by atoms with Crippen molar-refractivity contribution >= 4 is 41.9 Å². The van der Waals surface area contributed by atoms with Crippen LogP contribution in [0.3, 0.4) is 0 Å². The molecule has 1 amide bonds. The first kappa shape index (κ1) is 29.1. The van der Waals surface area contributed by atoms with Gasteiger partial charge in [0.05, 0.1) is 17.6 Å². The van der Waals surface area contributed by atoms with Crippen molar-refractivity contribution in [3.63, 3.8) is 0 Å². The molecule has 204 valence electrons. The van der Waals surface area contributed by atoms with Gasteiger partial charge in [-0.3, -0.25) is 14.2 Å². The zero-order valence-electron chi connectivity index (χ0n) is 21.0. The molecule has 0 aliphatic rings. The topological polar surface area (TPSA) is 124 Å². The molecule has 1 aromatic heterocycles. The average molecular weight is 553 g/mol. The number of hydrogen-bond donors (Lipinski definition) is 3. The highest BCUT2D eigenvalue weighted by Crippen LogP contribution is 2.47. The molecule has 0 radical (unpaired) electrons. The Balaban J connectivity index is 1.86. The number of carbonyl (C=O) groups is 1. The predicted molar refractivity (Wildman–Crippen MR) is 136 cm³/mol. The second-order valence-corrected chi connectivity index (χ2v) is 10.5. The molecule has 38 heavy (non-hydrogen) atoms. The van der Waals surface area contributed by atoms with Crippen molar-refractivity contribution in [1.29, 1.82) is 0 Å². The summed E-state index contributed by atoms with van der Waals surface area (Å²) in [7, 11) is -1.46. The molecule has 2 aromatic carbocycles. The van der Waals surface area contributed by atoms with Gasteiger partial charge in [0.2, 0.25) is 5.95 Å². The van der Waals surface area contributed by atoms with Gasteiger partial charge in [-0.2, -0.15) is 18.2 Å². The monoisotopic (exact) mass is 553 g/mol. The summed E-state index contributed by atoms with van der Waals surface area (Å²) < 4.78 is 64.1. The molecule has 0 aliphatic heterocycles. The number of nitrogens with one attached hydrogen (secondary N) is 3. The van der Waals surface area contributed by atoms with E-state index in [0.29, 0.717) is 24.1 Å². The van der Waals surface area contributed by atoms with E-state index in [1.165, 1.54) is 50.6 Å². The average Bonchev–Trinajstić information content (AvgIpc) is 2.88. The molecule has 3 aromatic rings. The van der Waals surface area contributed by atoms with Crippen LogP contribution in [0.15, 0.2) is 54.7 Å². The molecule has 1 heterocycles. The Morgan fingerprint density at radius 2 is 1.68 bits per heavy atom. The van der Waals surface area contributed by atoms with E-state index in [1.807, 2.05) is 13.8 Å². The van der Waals surface area contributed by atoms with E-state index in [1.54, 1.807) is 12.1 Å². The number of nitrogens with zero attached hydrogens (tertiary/aromatic N) is 2. The van der Waals surface area contributed by atoms with Crippen molar-refractivity contribution in [2.24, 2.45) is 5.92 Å². The zero-order chi connectivity index (χ0) is 27.9. The van der Waals surface area contributed by atoms with Gasteiger partial charge in [-0.1, -0.05) is 26.0 Å². The summed E-state index contributed by atoms with van der Waals surface area (Å²) in [5.74, 6) is -0.947. The summed E-state index contributed by atoms with van der Waals surface area (Å²) in [6.45, 7) is 4.23. The van der Waals surface area contributed by atoms with Crippen LogP contribution in [-0.4, -0.2) is 36.7 Å². The Hall–Kier alpha value is -3.51. The minimum atomic E-state index is -4.78. The summed E-state index contributed by atoms with van der Waals surface area (Å²) in [4.78, 5) is 25.0. The molecule has 0 unspecified atom stereocenters. The summed E-state index contributed by atoms with van der Waals surface area (Å²) in [5.41, 5.74) is 1.97. The summed E-state index contributed by atoms with van der Waals surface area (Å²) >= 11 is 0. The maximum absolute atomic E-state index is 13.7. The Bertz CT molecular complexity index is 1300. The normalized spacial score (nSPS) is 11.9. The summed E-state index contributed by atoms with van der Waals surface area (Å²) in [5, 5.41) is 5.42. The van der Waals surface area contributed by atoms with Crippen LogP contribution >= 0.6 is 7.60 Å². The largest absolute Gasteiger partial charge is 0.421 e. The molecule has 0 fully saturated rings. The fourth-order valence-electron chi connectivity index (χ4n) is 3.13. The number of halogens is 3. The van der Waals surface area contributed by atoms with E-state index in [-0.39, 0.29) is 22.9 Å². The number of para-hydroxylation sites is 1. The van der Waals surface area contributed by atoms with Gasteiger partial charge in [0, 0.05) is 31.7 Å². The maximum atomic E-state index is 13.7. The van der Waals surface area contributed by atoms with Crippen molar-refractivity contribution in [2.45, 2.75) is 20.0 Å². The molecular weight excluding hydrogens is 526 g/mol. The number of hydrogen-bond acceptors (Lipinski definition) is 9. The van der Waals surface area contributed by atoms with Crippen molar-refractivity contribution in [1.82, 2.24) is 15.4 Å². The van der Waals surface area contributed by atoms with Gasteiger partial charge in [0.1, 0.15) is 11.4 Å². The van der Waals surface area contributed by atoms with Crippen molar-refractivity contribution in [2.75, 3.05) is 31.5 Å². The van der Waals surface area contributed by atoms with Crippen molar-refractivity contribution < 1.29 is 36.4 Å². The number of hydroxylamine groups is 1. The molecule has 3 N–H and O–H groups in total. The molecule has 0 atom stereocenters. The first-order valence-electron chi connectivity index (χ1n) is 11.3. The van der Waals surface area contributed by atoms with Gasteiger partial charge in [-0.15, -0.1) is 0 Å². The highest BCUT2D eigenvalue weighted by atomic mass is 31.2. The number of alkyl halides is 3. The molecule has 3 rings (SSSR count). The van der Waals surface area contributed by atoms with Crippen LogP contribution < -0.4 is 21.4 Å². The number of carbonyl (C=O) groups excluding carboxylic acids is 1. The smallest absolute Gasteiger partial charge is 0.339 e. The van der Waals surface area contributed by atoms with E-state index in [0.717, 1.165) is 0 Å². The number of rotatable bonds is 11. The van der Waals surface area contributed by atoms with E-state index in [9.17, 15) is 22.5 Å². The standard InChI is InChI=1S/C24H27F3N5O5P/c1-15(2)14-37-32-22(33)16-9-11-17(12-10-16)29-23-28-13-18(24(25,26)27)21(31-23)30-19-7-5-6-8-20(19)38(34,35-3)36-4/h5-13,15H,14H2,1-4H3,(H,32,33)(H2,28,29,30,31). The number of anilines is 4. The SMILES string of the molecule is COP(=O)(OC)c1ccccc1Nc1nc(Nc2ccc(C(=O)NOCC(C)C)cc2)ncc1C(F)(F)F.